The van der Waals surface area contributed by atoms with E-state index < -0.39 is 18.1 Å². The molecule has 6 heteroatoms. The first kappa shape index (κ1) is 13.2. The second-order valence-electron chi connectivity index (χ2n) is 4.85. The van der Waals surface area contributed by atoms with Gasteiger partial charge in [-0.15, -0.1) is 0 Å². The summed E-state index contributed by atoms with van der Waals surface area (Å²) in [5.41, 5.74) is 0. The fourth-order valence-electron chi connectivity index (χ4n) is 0.985. The van der Waals surface area contributed by atoms with Crippen molar-refractivity contribution < 1.29 is 12.8 Å². The van der Waals surface area contributed by atoms with Crippen LogP contribution in [0.25, 0.3) is 0 Å². The van der Waals surface area contributed by atoms with Gasteiger partial charge in [-0.1, -0.05) is 19.6 Å². The first-order valence-electron chi connectivity index (χ1n) is 5.10. The molecule has 0 spiro atoms. The van der Waals surface area contributed by atoms with Gasteiger partial charge in [0.15, 0.2) is 0 Å². The summed E-state index contributed by atoms with van der Waals surface area (Å²) in [5.74, 6) is 0.580. The molecule has 90 valence electrons. The molecule has 0 atom stereocenters. The van der Waals surface area contributed by atoms with Crippen molar-refractivity contribution in [1.82, 2.24) is 0 Å². The molecule has 0 saturated carbocycles. The highest BCUT2D eigenvalue weighted by atomic mass is 32.2. The molecule has 0 amide bonds. The van der Waals surface area contributed by atoms with Crippen LogP contribution in [0.4, 0.5) is 0 Å². The molecule has 0 fully saturated rings. The van der Waals surface area contributed by atoms with Gasteiger partial charge in [-0.25, -0.2) is 8.42 Å². The van der Waals surface area contributed by atoms with Crippen LogP contribution in [-0.2, 0) is 10.0 Å². The first-order chi connectivity index (χ1) is 7.29. The summed E-state index contributed by atoms with van der Waals surface area (Å²) < 4.78 is 31.7. The Morgan fingerprint density at radius 2 is 2.12 bits per heavy atom. The largest absolute Gasteiger partial charge is 0.463 e. The van der Waals surface area contributed by atoms with Crippen molar-refractivity contribution in [3.8, 4) is 0 Å². The molecule has 0 aromatic carbocycles. The predicted molar refractivity (Wildman–Crippen MR) is 68.2 cm³/mol. The van der Waals surface area contributed by atoms with E-state index in [4.69, 9.17) is 4.42 Å². The van der Waals surface area contributed by atoms with Gasteiger partial charge in [0.25, 0.3) is 10.0 Å². The van der Waals surface area contributed by atoms with Crippen molar-refractivity contribution in [3.05, 3.63) is 24.2 Å². The maximum absolute atomic E-state index is 11.6. The third kappa shape index (κ3) is 5.27. The lowest BCUT2D eigenvalue weighted by Crippen LogP contribution is -2.23. The zero-order chi connectivity index (χ0) is 12.2. The Morgan fingerprint density at radius 1 is 1.44 bits per heavy atom. The number of hydrogen-bond donors (Lipinski definition) is 0. The zero-order valence-electron chi connectivity index (χ0n) is 9.80. The van der Waals surface area contributed by atoms with Gasteiger partial charge >= 0.3 is 0 Å². The number of hydrogen-bond acceptors (Lipinski definition) is 3. The Labute approximate surface area is 97.5 Å². The minimum Gasteiger partial charge on any atom is -0.463 e. The molecule has 0 unspecified atom stereocenters. The Bertz CT molecular complexity index is 443. The van der Waals surface area contributed by atoms with Crippen LogP contribution in [0.5, 0.6) is 0 Å². The topological polar surface area (TPSA) is 59.6 Å². The third-order valence-corrected chi connectivity index (χ3v) is 5.25. The van der Waals surface area contributed by atoms with Crippen LogP contribution in [0, 0.1) is 0 Å². The van der Waals surface area contributed by atoms with Gasteiger partial charge in [-0.05, 0) is 18.2 Å². The number of nitrogens with zero attached hydrogens (tertiary/aromatic N) is 1. The summed E-state index contributed by atoms with van der Waals surface area (Å²) in [5, 5.41) is 0. The average molecular weight is 259 g/mol. The summed E-state index contributed by atoms with van der Waals surface area (Å²) in [6.45, 7) is 6.41. The van der Waals surface area contributed by atoms with Crippen molar-refractivity contribution in [2.45, 2.75) is 25.7 Å². The van der Waals surface area contributed by atoms with Crippen molar-refractivity contribution >= 4 is 24.3 Å². The molecule has 0 N–H and O–H groups in total. The minimum atomic E-state index is -3.35. The monoisotopic (exact) mass is 259 g/mol. The van der Waals surface area contributed by atoms with Crippen LogP contribution in [0.3, 0.4) is 0 Å². The van der Waals surface area contributed by atoms with E-state index in [1.54, 1.807) is 12.1 Å². The second kappa shape index (κ2) is 4.97. The number of rotatable bonds is 5. The molecule has 1 rings (SSSR count). The van der Waals surface area contributed by atoms with Crippen molar-refractivity contribution in [1.29, 1.82) is 0 Å². The molecule has 0 aliphatic carbocycles. The fourth-order valence-corrected chi connectivity index (χ4v) is 4.84. The molecule has 0 aliphatic heterocycles. The van der Waals surface area contributed by atoms with Crippen LogP contribution in [0.2, 0.25) is 25.7 Å². The smallest absolute Gasteiger partial charge is 0.252 e. The van der Waals surface area contributed by atoms with Crippen LogP contribution >= 0.6 is 0 Å². The molecule has 0 radical (unpaired) electrons. The van der Waals surface area contributed by atoms with Crippen molar-refractivity contribution in [2.75, 3.05) is 5.75 Å². The SMILES string of the molecule is C[Si](C)(C)CCS(=O)(=O)/N=C/c1ccco1. The number of sulfonamides is 1. The third-order valence-electron chi connectivity index (χ3n) is 1.99. The van der Waals surface area contributed by atoms with Crippen LogP contribution < -0.4 is 0 Å². The molecule has 4 nitrogen and oxygen atoms in total. The predicted octanol–water partition coefficient (Wildman–Crippen LogP) is 2.37. The quantitative estimate of drug-likeness (QED) is 0.602. The molecule has 16 heavy (non-hydrogen) atoms. The van der Waals surface area contributed by atoms with Gasteiger partial charge in [0.2, 0.25) is 0 Å². The van der Waals surface area contributed by atoms with Crippen molar-refractivity contribution in [2.24, 2.45) is 4.40 Å². The summed E-state index contributed by atoms with van der Waals surface area (Å²) in [6.07, 6.45) is 2.73. The summed E-state index contributed by atoms with van der Waals surface area (Å²) in [6, 6.07) is 4.08. The van der Waals surface area contributed by atoms with E-state index in [0.717, 1.165) is 6.04 Å². The molecule has 1 aromatic rings. The Balaban J connectivity index is 2.59. The van der Waals surface area contributed by atoms with Gasteiger partial charge in [0, 0.05) is 8.07 Å². The molecule has 1 heterocycles. The van der Waals surface area contributed by atoms with E-state index in [9.17, 15) is 8.42 Å². The Morgan fingerprint density at radius 3 is 2.62 bits per heavy atom. The standard InChI is InChI=1S/C10H17NO3SSi/c1-16(2,3)8-7-15(12,13)11-9-10-5-4-6-14-10/h4-6,9H,7-8H2,1-3H3/b11-9+. The lowest BCUT2D eigenvalue weighted by atomic mass is 10.5. The maximum Gasteiger partial charge on any atom is 0.252 e. The Kier molecular flexibility index (Phi) is 4.09. The van der Waals surface area contributed by atoms with E-state index in [0.29, 0.717) is 5.76 Å². The zero-order valence-corrected chi connectivity index (χ0v) is 11.6. The van der Waals surface area contributed by atoms with Crippen LogP contribution in [-0.4, -0.2) is 28.5 Å². The summed E-state index contributed by atoms with van der Waals surface area (Å²) >= 11 is 0. The highest BCUT2D eigenvalue weighted by Gasteiger charge is 2.17. The van der Waals surface area contributed by atoms with Gasteiger partial charge in [0.05, 0.1) is 18.2 Å². The first-order valence-corrected chi connectivity index (χ1v) is 10.4. The molecule has 1 aromatic heterocycles. The fraction of sp³-hybridized carbons (Fsp3) is 0.500. The lowest BCUT2D eigenvalue weighted by Gasteiger charge is -2.13. The normalized spacial score (nSPS) is 13.4. The molecule has 0 aliphatic rings. The van der Waals surface area contributed by atoms with E-state index in [-0.39, 0.29) is 5.75 Å². The van der Waals surface area contributed by atoms with Gasteiger partial charge in [-0.3, -0.25) is 0 Å². The van der Waals surface area contributed by atoms with Gasteiger partial charge in [-0.2, -0.15) is 4.40 Å². The Hall–Kier alpha value is -0.883. The molecule has 0 bridgehead atoms. The molecular weight excluding hydrogens is 242 g/mol. The second-order valence-corrected chi connectivity index (χ2v) is 12.3. The van der Waals surface area contributed by atoms with E-state index >= 15 is 0 Å². The summed E-state index contributed by atoms with van der Waals surface area (Å²) in [7, 11) is -4.69. The average Bonchev–Trinajstić information content (AvgIpc) is 2.64. The van der Waals surface area contributed by atoms with Gasteiger partial charge in [0.1, 0.15) is 5.76 Å². The van der Waals surface area contributed by atoms with Crippen molar-refractivity contribution in [3.63, 3.8) is 0 Å². The highest BCUT2D eigenvalue weighted by molar-refractivity contribution is 7.90. The van der Waals surface area contributed by atoms with E-state index in [2.05, 4.69) is 24.0 Å². The summed E-state index contributed by atoms with van der Waals surface area (Å²) in [4.78, 5) is 0. The highest BCUT2D eigenvalue weighted by Crippen LogP contribution is 2.10. The van der Waals surface area contributed by atoms with E-state index in [1.165, 1.54) is 12.5 Å². The van der Waals surface area contributed by atoms with Gasteiger partial charge < -0.3 is 4.42 Å². The van der Waals surface area contributed by atoms with Crippen LogP contribution in [0.1, 0.15) is 5.76 Å². The minimum absolute atomic E-state index is 0.125. The maximum atomic E-state index is 11.6. The lowest BCUT2D eigenvalue weighted by molar-refractivity contribution is 0.560. The van der Waals surface area contributed by atoms with E-state index in [1.807, 2.05) is 0 Å². The molecule has 0 saturated heterocycles. The number of furan rings is 1. The van der Waals surface area contributed by atoms with Crippen LogP contribution in [0.15, 0.2) is 27.2 Å². The molecular formula is C10H17NO3SSi.